The molecule has 12 heteroatoms. The summed E-state index contributed by atoms with van der Waals surface area (Å²) < 4.78 is 5.30. The lowest BCUT2D eigenvalue weighted by molar-refractivity contribution is -0.385. The van der Waals surface area contributed by atoms with E-state index in [1.807, 2.05) is 0 Å². The van der Waals surface area contributed by atoms with Crippen molar-refractivity contribution in [2.75, 3.05) is 32.8 Å². The largest absolute Gasteiger partial charge is 0.450 e. The molecule has 3 N–H and O–H groups in total. The van der Waals surface area contributed by atoms with Gasteiger partial charge in [0.2, 0.25) is 5.91 Å². The molecule has 2 aliphatic rings. The van der Waals surface area contributed by atoms with Crippen LogP contribution in [0.4, 0.5) is 10.5 Å². The van der Waals surface area contributed by atoms with E-state index in [1.165, 1.54) is 18.2 Å². The summed E-state index contributed by atoms with van der Waals surface area (Å²) >= 11 is 3.11. The zero-order chi connectivity index (χ0) is 24.0. The second-order valence-electron chi connectivity index (χ2n) is 8.14. The first-order chi connectivity index (χ1) is 15.8. The summed E-state index contributed by atoms with van der Waals surface area (Å²) in [5.74, 6) is -0.821. The van der Waals surface area contributed by atoms with Crippen molar-refractivity contribution in [3.63, 3.8) is 0 Å². The van der Waals surface area contributed by atoms with E-state index in [0.29, 0.717) is 58.5 Å². The normalized spacial score (nSPS) is 18.3. The SMILES string of the molecule is CCOC(=O)N1CCC(NC(=O)C2(NC(=O)c3ccc(Br)c([N+](=O)[O-])c3)CCNCC2)CC1. The van der Waals surface area contributed by atoms with Crippen molar-refractivity contribution in [3.8, 4) is 0 Å². The van der Waals surface area contributed by atoms with Crippen molar-refractivity contribution in [2.24, 2.45) is 0 Å². The minimum atomic E-state index is -1.12. The molecule has 1 aromatic carbocycles. The van der Waals surface area contributed by atoms with Crippen LogP contribution in [0.3, 0.4) is 0 Å². The number of nitrogens with one attached hydrogen (secondary N) is 3. The molecule has 180 valence electrons. The van der Waals surface area contributed by atoms with Gasteiger partial charge < -0.3 is 25.6 Å². The van der Waals surface area contributed by atoms with E-state index in [0.717, 1.165) is 0 Å². The first-order valence-corrected chi connectivity index (χ1v) is 11.7. The highest BCUT2D eigenvalue weighted by molar-refractivity contribution is 9.10. The number of amides is 3. The first kappa shape index (κ1) is 24.9. The fraction of sp³-hybridized carbons (Fsp3) is 0.571. The maximum absolute atomic E-state index is 13.3. The van der Waals surface area contributed by atoms with Gasteiger partial charge in [-0.05, 0) is 73.8 Å². The second-order valence-corrected chi connectivity index (χ2v) is 9.00. The number of benzene rings is 1. The Bertz CT molecular complexity index is 912. The number of nitro groups is 1. The van der Waals surface area contributed by atoms with Crippen LogP contribution >= 0.6 is 15.9 Å². The van der Waals surface area contributed by atoms with Crippen LogP contribution in [0.5, 0.6) is 0 Å². The molecular weight excluding hydrogens is 498 g/mol. The molecule has 0 aromatic heterocycles. The van der Waals surface area contributed by atoms with Gasteiger partial charge in [-0.15, -0.1) is 0 Å². The Hall–Kier alpha value is -2.73. The van der Waals surface area contributed by atoms with Crippen molar-refractivity contribution in [1.82, 2.24) is 20.9 Å². The Morgan fingerprint density at radius 1 is 1.27 bits per heavy atom. The average Bonchev–Trinajstić information content (AvgIpc) is 2.80. The summed E-state index contributed by atoms with van der Waals surface area (Å²) in [6.45, 7) is 4.13. The molecule has 0 atom stereocenters. The zero-order valence-electron chi connectivity index (χ0n) is 18.4. The van der Waals surface area contributed by atoms with Gasteiger partial charge in [0.05, 0.1) is 16.0 Å². The Balaban J connectivity index is 1.68. The lowest BCUT2D eigenvalue weighted by Crippen LogP contribution is -2.64. The van der Waals surface area contributed by atoms with Crippen LogP contribution in [0.2, 0.25) is 0 Å². The molecular formula is C21H28BrN5O6. The van der Waals surface area contributed by atoms with Gasteiger partial charge in [0.1, 0.15) is 5.54 Å². The molecule has 0 unspecified atom stereocenters. The highest BCUT2D eigenvalue weighted by Crippen LogP contribution is 2.27. The van der Waals surface area contributed by atoms with Crippen LogP contribution < -0.4 is 16.0 Å². The average molecular weight is 526 g/mol. The number of carbonyl (C=O) groups excluding carboxylic acids is 3. The summed E-state index contributed by atoms with van der Waals surface area (Å²) in [5, 5.41) is 20.3. The van der Waals surface area contributed by atoms with Crippen LogP contribution in [-0.2, 0) is 9.53 Å². The molecule has 3 amide bonds. The van der Waals surface area contributed by atoms with Crippen LogP contribution in [0.1, 0.15) is 43.0 Å². The van der Waals surface area contributed by atoms with Crippen molar-refractivity contribution in [1.29, 1.82) is 0 Å². The highest BCUT2D eigenvalue weighted by atomic mass is 79.9. The number of hydrogen-bond donors (Lipinski definition) is 3. The quantitative estimate of drug-likeness (QED) is 0.380. The third kappa shape index (κ3) is 5.99. The Morgan fingerprint density at radius 2 is 1.94 bits per heavy atom. The number of ether oxygens (including phenoxy) is 1. The van der Waals surface area contributed by atoms with Crippen molar-refractivity contribution in [3.05, 3.63) is 38.3 Å². The van der Waals surface area contributed by atoms with Gasteiger partial charge in [-0.3, -0.25) is 19.7 Å². The zero-order valence-corrected chi connectivity index (χ0v) is 20.0. The predicted octanol–water partition coefficient (Wildman–Crippen LogP) is 1.95. The monoisotopic (exact) mass is 525 g/mol. The highest BCUT2D eigenvalue weighted by Gasteiger charge is 2.42. The number of likely N-dealkylation sites (tertiary alicyclic amines) is 1. The molecule has 0 aliphatic carbocycles. The smallest absolute Gasteiger partial charge is 0.409 e. The van der Waals surface area contributed by atoms with Crippen LogP contribution in [-0.4, -0.2) is 72.1 Å². The molecule has 11 nitrogen and oxygen atoms in total. The summed E-state index contributed by atoms with van der Waals surface area (Å²) in [6.07, 6.45) is 1.61. The minimum Gasteiger partial charge on any atom is -0.450 e. The van der Waals surface area contributed by atoms with Gasteiger partial charge in [-0.2, -0.15) is 0 Å². The molecule has 1 aromatic rings. The number of hydrogen-bond acceptors (Lipinski definition) is 7. The molecule has 0 bridgehead atoms. The van der Waals surface area contributed by atoms with Crippen molar-refractivity contribution in [2.45, 2.75) is 44.2 Å². The van der Waals surface area contributed by atoms with Crippen molar-refractivity contribution < 1.29 is 24.0 Å². The van der Waals surface area contributed by atoms with E-state index in [-0.39, 0.29) is 33.8 Å². The minimum absolute atomic E-state index is 0.110. The number of halogens is 1. The molecule has 0 saturated carbocycles. The second kappa shape index (κ2) is 10.9. The number of carbonyl (C=O) groups is 3. The van der Waals surface area contributed by atoms with Crippen LogP contribution in [0.15, 0.2) is 22.7 Å². The van der Waals surface area contributed by atoms with Crippen LogP contribution in [0, 0.1) is 10.1 Å². The maximum atomic E-state index is 13.3. The predicted molar refractivity (Wildman–Crippen MR) is 123 cm³/mol. The Kier molecular flexibility index (Phi) is 8.25. The van der Waals surface area contributed by atoms with Gasteiger partial charge in [-0.1, -0.05) is 0 Å². The molecule has 0 spiro atoms. The summed E-state index contributed by atoms with van der Waals surface area (Å²) in [4.78, 5) is 50.5. The third-order valence-electron chi connectivity index (χ3n) is 6.01. The number of piperidine rings is 2. The summed E-state index contributed by atoms with van der Waals surface area (Å²) in [5.41, 5.74) is -1.24. The molecule has 3 rings (SSSR count). The molecule has 2 heterocycles. The fourth-order valence-electron chi connectivity index (χ4n) is 4.09. The summed E-state index contributed by atoms with van der Waals surface area (Å²) in [7, 11) is 0. The van der Waals surface area contributed by atoms with E-state index >= 15 is 0 Å². The van der Waals surface area contributed by atoms with Gasteiger partial charge >= 0.3 is 6.09 Å². The maximum Gasteiger partial charge on any atom is 0.409 e. The lowest BCUT2D eigenvalue weighted by atomic mass is 9.86. The first-order valence-electron chi connectivity index (χ1n) is 11.0. The summed E-state index contributed by atoms with van der Waals surface area (Å²) in [6, 6.07) is 3.99. The third-order valence-corrected chi connectivity index (χ3v) is 6.68. The van der Waals surface area contributed by atoms with E-state index in [2.05, 4.69) is 31.9 Å². The molecule has 2 aliphatic heterocycles. The van der Waals surface area contributed by atoms with E-state index in [4.69, 9.17) is 4.74 Å². The Morgan fingerprint density at radius 3 is 2.55 bits per heavy atom. The molecule has 2 fully saturated rings. The molecule has 2 saturated heterocycles. The number of rotatable bonds is 6. The van der Waals surface area contributed by atoms with Gasteiger partial charge in [0.15, 0.2) is 0 Å². The van der Waals surface area contributed by atoms with E-state index in [9.17, 15) is 24.5 Å². The molecule has 33 heavy (non-hydrogen) atoms. The van der Waals surface area contributed by atoms with E-state index in [1.54, 1.807) is 11.8 Å². The number of nitro benzene ring substituents is 1. The van der Waals surface area contributed by atoms with Gasteiger partial charge in [0, 0.05) is 30.8 Å². The molecule has 0 radical (unpaired) electrons. The Labute approximate surface area is 199 Å². The van der Waals surface area contributed by atoms with Gasteiger partial charge in [-0.25, -0.2) is 4.79 Å². The van der Waals surface area contributed by atoms with Crippen LogP contribution in [0.25, 0.3) is 0 Å². The lowest BCUT2D eigenvalue weighted by Gasteiger charge is -2.39. The van der Waals surface area contributed by atoms with Crippen molar-refractivity contribution >= 4 is 39.5 Å². The van der Waals surface area contributed by atoms with Gasteiger partial charge in [0.25, 0.3) is 11.6 Å². The van der Waals surface area contributed by atoms with E-state index < -0.39 is 16.4 Å². The topological polar surface area (TPSA) is 143 Å². The number of nitrogens with zero attached hydrogens (tertiary/aromatic N) is 2. The fourth-order valence-corrected chi connectivity index (χ4v) is 4.48. The standard InChI is InChI=1S/C21H28BrN5O6/c1-2-33-20(30)26-11-5-15(6-12-26)24-19(29)21(7-9-23-10-8-21)25-18(28)14-3-4-16(22)17(13-14)27(31)32/h3-4,13,15,23H,2,5-12H2,1H3,(H,24,29)(H,25,28).